The van der Waals surface area contributed by atoms with Crippen LogP contribution in [0.3, 0.4) is 0 Å². The van der Waals surface area contributed by atoms with Gasteiger partial charge in [-0.2, -0.15) is 0 Å². The zero-order valence-corrected chi connectivity index (χ0v) is 11.0. The fourth-order valence-electron chi connectivity index (χ4n) is 1.88. The third-order valence-corrected chi connectivity index (χ3v) is 3.18. The van der Waals surface area contributed by atoms with Crippen molar-refractivity contribution in [1.29, 1.82) is 0 Å². The Balaban J connectivity index is 2.86. The minimum Gasteiger partial charge on any atom is -0.316 e. The molecule has 2 heteroatoms. The third kappa shape index (κ3) is 3.97. The van der Waals surface area contributed by atoms with Crippen LogP contribution in [-0.4, -0.2) is 13.1 Å². The Labute approximate surface area is 104 Å². The second-order valence-electron chi connectivity index (χ2n) is 4.89. The van der Waals surface area contributed by atoms with E-state index < -0.39 is 0 Å². The molecule has 0 aliphatic carbocycles. The van der Waals surface area contributed by atoms with Gasteiger partial charge in [0, 0.05) is 12.0 Å². The van der Waals surface area contributed by atoms with E-state index in [4.69, 9.17) is 0 Å². The second kappa shape index (κ2) is 5.97. The number of halogens is 1. The van der Waals surface area contributed by atoms with Crippen molar-refractivity contribution in [1.82, 2.24) is 5.32 Å². The minimum absolute atomic E-state index is 0.0332. The third-order valence-electron chi connectivity index (χ3n) is 3.18. The highest BCUT2D eigenvalue weighted by Gasteiger charge is 2.21. The molecule has 0 aliphatic heterocycles. The molecule has 1 nitrogen and oxygen atoms in total. The van der Waals surface area contributed by atoms with Crippen molar-refractivity contribution < 1.29 is 4.39 Å². The predicted molar refractivity (Wildman–Crippen MR) is 71.7 cm³/mol. The van der Waals surface area contributed by atoms with Gasteiger partial charge in [-0.25, -0.2) is 4.39 Å². The van der Waals surface area contributed by atoms with Crippen LogP contribution >= 0.6 is 0 Å². The number of hydrogen-bond donors (Lipinski definition) is 1. The van der Waals surface area contributed by atoms with Crippen LogP contribution in [0, 0.1) is 18.2 Å². The van der Waals surface area contributed by atoms with E-state index in [1.807, 2.05) is 19.1 Å². The van der Waals surface area contributed by atoms with E-state index in [1.54, 1.807) is 6.07 Å². The first-order valence-electron chi connectivity index (χ1n) is 6.10. The Hall–Kier alpha value is -1.15. The van der Waals surface area contributed by atoms with Crippen LogP contribution < -0.4 is 5.32 Å². The Morgan fingerprint density at radius 2 is 2.18 bits per heavy atom. The number of aryl methyl sites for hydroxylation is 1. The first-order chi connectivity index (χ1) is 8.00. The smallest absolute Gasteiger partial charge is 0.123 e. The lowest BCUT2D eigenvalue weighted by Gasteiger charge is -2.27. The summed E-state index contributed by atoms with van der Waals surface area (Å²) >= 11 is 0. The number of nitrogens with one attached hydrogen (secondary N) is 1. The van der Waals surface area contributed by atoms with E-state index in [0.717, 1.165) is 30.6 Å². The molecule has 0 saturated carbocycles. The molecule has 1 N–H and O–H groups in total. The van der Waals surface area contributed by atoms with Crippen molar-refractivity contribution in [2.45, 2.75) is 27.2 Å². The van der Waals surface area contributed by atoms with E-state index in [2.05, 4.69) is 25.7 Å². The molecule has 0 bridgehead atoms. The Morgan fingerprint density at radius 3 is 2.76 bits per heavy atom. The summed E-state index contributed by atoms with van der Waals surface area (Å²) in [6.45, 7) is 11.9. The average Bonchev–Trinajstić information content (AvgIpc) is 2.31. The van der Waals surface area contributed by atoms with Gasteiger partial charge in [0.1, 0.15) is 5.82 Å². The quantitative estimate of drug-likeness (QED) is 0.744. The van der Waals surface area contributed by atoms with Gasteiger partial charge < -0.3 is 5.32 Å². The van der Waals surface area contributed by atoms with E-state index in [-0.39, 0.29) is 11.2 Å². The number of rotatable bonds is 6. The van der Waals surface area contributed by atoms with E-state index >= 15 is 0 Å². The highest BCUT2D eigenvalue weighted by molar-refractivity contribution is 5.28. The molecule has 1 unspecified atom stereocenters. The molecule has 1 aromatic rings. The zero-order chi connectivity index (χ0) is 12.9. The largest absolute Gasteiger partial charge is 0.316 e. The SMILES string of the molecule is C=CC(C)(CNCC)Cc1cc(F)ccc1C. The van der Waals surface area contributed by atoms with Crippen LogP contribution in [0.2, 0.25) is 0 Å². The van der Waals surface area contributed by atoms with Crippen LogP contribution in [0.5, 0.6) is 0 Å². The summed E-state index contributed by atoms with van der Waals surface area (Å²) in [7, 11) is 0. The van der Waals surface area contributed by atoms with E-state index in [9.17, 15) is 4.39 Å². The van der Waals surface area contributed by atoms with Crippen molar-refractivity contribution in [3.63, 3.8) is 0 Å². The van der Waals surface area contributed by atoms with Gasteiger partial charge in [-0.3, -0.25) is 0 Å². The van der Waals surface area contributed by atoms with Crippen LogP contribution in [0.1, 0.15) is 25.0 Å². The highest BCUT2D eigenvalue weighted by Crippen LogP contribution is 2.25. The summed E-state index contributed by atoms with van der Waals surface area (Å²) in [5.74, 6) is -0.166. The predicted octanol–water partition coefficient (Wildman–Crippen LogP) is 3.48. The van der Waals surface area contributed by atoms with Crippen molar-refractivity contribution in [3.8, 4) is 0 Å². The maximum absolute atomic E-state index is 13.2. The number of hydrogen-bond acceptors (Lipinski definition) is 1. The normalized spacial score (nSPS) is 14.4. The van der Waals surface area contributed by atoms with Gasteiger partial charge >= 0.3 is 0 Å². The van der Waals surface area contributed by atoms with Gasteiger partial charge in [-0.15, -0.1) is 6.58 Å². The van der Waals surface area contributed by atoms with Gasteiger partial charge in [-0.1, -0.05) is 26.0 Å². The summed E-state index contributed by atoms with van der Waals surface area (Å²) in [6, 6.07) is 4.97. The molecule has 1 atom stereocenters. The van der Waals surface area contributed by atoms with Gasteiger partial charge in [0.15, 0.2) is 0 Å². The Bertz CT molecular complexity index is 387. The molecule has 0 amide bonds. The summed E-state index contributed by atoms with van der Waals surface area (Å²) in [5, 5.41) is 3.33. The molecule has 0 radical (unpaired) electrons. The summed E-state index contributed by atoms with van der Waals surface area (Å²) in [4.78, 5) is 0. The van der Waals surface area contributed by atoms with Gasteiger partial charge in [0.05, 0.1) is 0 Å². The van der Waals surface area contributed by atoms with E-state index in [0.29, 0.717) is 0 Å². The topological polar surface area (TPSA) is 12.0 Å². The first kappa shape index (κ1) is 13.9. The molecule has 17 heavy (non-hydrogen) atoms. The molecule has 0 saturated heterocycles. The van der Waals surface area contributed by atoms with E-state index in [1.165, 1.54) is 6.07 Å². The van der Waals surface area contributed by atoms with Crippen LogP contribution in [-0.2, 0) is 6.42 Å². The molecule has 0 spiro atoms. The minimum atomic E-state index is -0.166. The molecule has 1 aromatic carbocycles. The maximum atomic E-state index is 13.2. The van der Waals surface area contributed by atoms with Gasteiger partial charge in [0.25, 0.3) is 0 Å². The average molecular weight is 235 g/mol. The standard InChI is InChI=1S/C15H22FN/c1-5-15(4,11-17-6-2)10-13-9-14(16)8-7-12(13)3/h5,7-9,17H,1,6,10-11H2,2-4H3. The zero-order valence-electron chi connectivity index (χ0n) is 11.0. The molecular formula is C15H22FN. The summed E-state index contributed by atoms with van der Waals surface area (Å²) in [6.07, 6.45) is 2.77. The van der Waals surface area contributed by atoms with Crippen LogP contribution in [0.15, 0.2) is 30.9 Å². The number of benzene rings is 1. The Kier molecular flexibility index (Phi) is 4.88. The lowest BCUT2D eigenvalue weighted by atomic mass is 9.82. The van der Waals surface area contributed by atoms with Crippen molar-refractivity contribution >= 4 is 0 Å². The lowest BCUT2D eigenvalue weighted by Crippen LogP contribution is -2.32. The molecule has 0 aromatic heterocycles. The highest BCUT2D eigenvalue weighted by atomic mass is 19.1. The summed E-state index contributed by atoms with van der Waals surface area (Å²) in [5.41, 5.74) is 2.16. The molecule has 94 valence electrons. The lowest BCUT2D eigenvalue weighted by molar-refractivity contribution is 0.394. The maximum Gasteiger partial charge on any atom is 0.123 e. The first-order valence-corrected chi connectivity index (χ1v) is 6.10. The fourth-order valence-corrected chi connectivity index (χ4v) is 1.88. The second-order valence-corrected chi connectivity index (χ2v) is 4.89. The fraction of sp³-hybridized carbons (Fsp3) is 0.467. The van der Waals surface area contributed by atoms with Crippen molar-refractivity contribution in [3.05, 3.63) is 47.8 Å². The monoisotopic (exact) mass is 235 g/mol. The van der Waals surface area contributed by atoms with Crippen molar-refractivity contribution in [2.75, 3.05) is 13.1 Å². The Morgan fingerprint density at radius 1 is 1.47 bits per heavy atom. The molecule has 0 heterocycles. The van der Waals surface area contributed by atoms with Crippen molar-refractivity contribution in [2.24, 2.45) is 5.41 Å². The summed E-state index contributed by atoms with van der Waals surface area (Å²) < 4.78 is 13.2. The molecular weight excluding hydrogens is 213 g/mol. The van der Waals surface area contributed by atoms with Crippen LogP contribution in [0.4, 0.5) is 4.39 Å². The van der Waals surface area contributed by atoms with Gasteiger partial charge in [0.2, 0.25) is 0 Å². The van der Waals surface area contributed by atoms with Gasteiger partial charge in [-0.05, 0) is 43.1 Å². The van der Waals surface area contributed by atoms with Crippen LogP contribution in [0.25, 0.3) is 0 Å². The molecule has 1 rings (SSSR count). The molecule has 0 aliphatic rings. The molecule has 0 fully saturated rings.